The molecule has 1 atom stereocenters. The molecule has 0 bridgehead atoms. The van der Waals surface area contributed by atoms with E-state index in [4.69, 9.17) is 14.9 Å². The summed E-state index contributed by atoms with van der Waals surface area (Å²) in [5.41, 5.74) is 5.19. The molecule has 0 amide bonds. The molecular weight excluding hydrogens is 376 g/mol. The Bertz CT molecular complexity index is 1120. The number of aromatic amines is 1. The Morgan fingerprint density at radius 3 is 2.73 bits per heavy atom. The van der Waals surface area contributed by atoms with Crippen molar-refractivity contribution in [3.63, 3.8) is 0 Å². The highest BCUT2D eigenvalue weighted by molar-refractivity contribution is 5.86. The van der Waals surface area contributed by atoms with Gasteiger partial charge in [0.2, 0.25) is 0 Å². The van der Waals surface area contributed by atoms with Crippen molar-refractivity contribution in [2.24, 2.45) is 5.92 Å². The lowest BCUT2D eigenvalue weighted by atomic mass is 10.0. The maximum atomic E-state index is 5.95. The molecule has 0 unspecified atom stereocenters. The standard InChI is InChI=1S/C24H24N4O2/c1-17-23-10-20(7-8-24(23)28-27-17)21-9-22(13-26-12-21)30-16-19(11-25)15-29-14-18-5-3-2-4-6-18/h2-13,19,25H,14-16H2,1H3,(H,27,28)/p+1/t19-/m0/s1. The normalized spacial score (nSPS) is 12.0. The molecule has 0 aliphatic rings. The van der Waals surface area contributed by atoms with Gasteiger partial charge in [-0.15, -0.1) is 0 Å². The van der Waals surface area contributed by atoms with E-state index >= 15 is 0 Å². The molecule has 4 rings (SSSR count). The van der Waals surface area contributed by atoms with E-state index in [-0.39, 0.29) is 5.92 Å². The van der Waals surface area contributed by atoms with Crippen molar-refractivity contribution in [3.8, 4) is 16.9 Å². The summed E-state index contributed by atoms with van der Waals surface area (Å²) in [4.78, 5) is 4.34. The summed E-state index contributed by atoms with van der Waals surface area (Å²) in [5.74, 6) is 0.689. The number of aryl methyl sites for hydroxylation is 1. The Balaban J connectivity index is 1.37. The third kappa shape index (κ3) is 4.72. The molecule has 0 saturated carbocycles. The summed E-state index contributed by atoms with van der Waals surface area (Å²) in [5, 5.41) is 14.2. The number of ether oxygens (including phenoxy) is 2. The van der Waals surface area contributed by atoms with Gasteiger partial charge in [-0.25, -0.2) is 0 Å². The Morgan fingerprint density at radius 2 is 1.90 bits per heavy atom. The minimum absolute atomic E-state index is 0.0118. The zero-order valence-electron chi connectivity index (χ0n) is 16.9. The van der Waals surface area contributed by atoms with Gasteiger partial charge < -0.3 is 9.47 Å². The van der Waals surface area contributed by atoms with Gasteiger partial charge in [-0.05, 0) is 36.2 Å². The van der Waals surface area contributed by atoms with Crippen molar-refractivity contribution in [2.75, 3.05) is 13.2 Å². The number of benzene rings is 2. The molecule has 0 saturated heterocycles. The first kappa shape index (κ1) is 19.8. The molecule has 2 aromatic carbocycles. The number of nitrogens with two attached hydrogens (primary N) is 1. The molecule has 3 N–H and O–H groups in total. The molecule has 152 valence electrons. The van der Waals surface area contributed by atoms with Crippen molar-refractivity contribution in [3.05, 3.63) is 78.2 Å². The maximum absolute atomic E-state index is 5.95. The van der Waals surface area contributed by atoms with Gasteiger partial charge >= 0.3 is 0 Å². The molecule has 0 aliphatic heterocycles. The fraction of sp³-hybridized carbons (Fsp3) is 0.208. The van der Waals surface area contributed by atoms with Crippen LogP contribution in [0.1, 0.15) is 11.3 Å². The van der Waals surface area contributed by atoms with E-state index in [1.165, 1.54) is 0 Å². The number of hydrogen-bond donors (Lipinski definition) is 2. The number of fused-ring (bicyclic) bond motifs is 1. The van der Waals surface area contributed by atoms with Crippen molar-refractivity contribution in [1.29, 1.82) is 0 Å². The van der Waals surface area contributed by atoms with E-state index < -0.39 is 0 Å². The van der Waals surface area contributed by atoms with Gasteiger partial charge in [0.15, 0.2) is 0 Å². The second-order valence-corrected chi connectivity index (χ2v) is 7.25. The third-order valence-electron chi connectivity index (χ3n) is 4.97. The molecule has 0 aliphatic carbocycles. The van der Waals surface area contributed by atoms with E-state index in [1.807, 2.05) is 61.7 Å². The predicted molar refractivity (Wildman–Crippen MR) is 117 cm³/mol. The third-order valence-corrected chi connectivity index (χ3v) is 4.97. The first-order valence-corrected chi connectivity index (χ1v) is 9.92. The van der Waals surface area contributed by atoms with E-state index in [1.54, 1.807) is 12.4 Å². The second kappa shape index (κ2) is 9.33. The highest BCUT2D eigenvalue weighted by Crippen LogP contribution is 2.27. The molecule has 2 aromatic heterocycles. The Hall–Kier alpha value is -3.51. The molecule has 2 heterocycles. The fourth-order valence-corrected chi connectivity index (χ4v) is 3.24. The number of hydrogen-bond acceptors (Lipinski definition) is 4. The topological polar surface area (TPSA) is 85.6 Å². The van der Waals surface area contributed by atoms with Crippen LogP contribution < -0.4 is 10.1 Å². The fourth-order valence-electron chi connectivity index (χ4n) is 3.24. The average Bonchev–Trinajstić information content (AvgIpc) is 3.17. The monoisotopic (exact) mass is 401 g/mol. The predicted octanol–water partition coefficient (Wildman–Crippen LogP) is 2.98. The molecule has 4 aromatic rings. The van der Waals surface area contributed by atoms with Crippen molar-refractivity contribution in [2.45, 2.75) is 13.5 Å². The van der Waals surface area contributed by atoms with Crippen LogP contribution in [0.3, 0.4) is 0 Å². The van der Waals surface area contributed by atoms with Crippen LogP contribution in [0.15, 0.2) is 67.0 Å². The van der Waals surface area contributed by atoms with E-state index in [0.717, 1.165) is 33.3 Å². The first-order valence-electron chi connectivity index (χ1n) is 9.92. The highest BCUT2D eigenvalue weighted by Gasteiger charge is 2.11. The lowest BCUT2D eigenvalue weighted by Crippen LogP contribution is -2.37. The van der Waals surface area contributed by atoms with Gasteiger partial charge in [-0.2, -0.15) is 5.10 Å². The van der Waals surface area contributed by atoms with Crippen LogP contribution >= 0.6 is 0 Å². The second-order valence-electron chi connectivity index (χ2n) is 7.25. The van der Waals surface area contributed by atoms with Crippen LogP contribution in [0.5, 0.6) is 5.75 Å². The van der Waals surface area contributed by atoms with Crippen LogP contribution in [0, 0.1) is 12.8 Å². The van der Waals surface area contributed by atoms with Gasteiger partial charge in [0, 0.05) is 22.8 Å². The van der Waals surface area contributed by atoms with Crippen LogP contribution in [-0.4, -0.2) is 34.6 Å². The molecule has 0 spiro atoms. The van der Waals surface area contributed by atoms with Gasteiger partial charge in [-0.1, -0.05) is 36.4 Å². The lowest BCUT2D eigenvalue weighted by Gasteiger charge is -2.13. The smallest absolute Gasteiger partial charge is 0.145 e. The molecular formula is C24H25N4O2+. The summed E-state index contributed by atoms with van der Waals surface area (Å²) in [6.07, 6.45) is 5.17. The maximum Gasteiger partial charge on any atom is 0.145 e. The van der Waals surface area contributed by atoms with Gasteiger partial charge in [0.25, 0.3) is 0 Å². The highest BCUT2D eigenvalue weighted by atomic mass is 16.5. The number of H-pyrrole nitrogens is 1. The number of nitrogens with one attached hydrogen (secondary N) is 1. The van der Waals surface area contributed by atoms with E-state index in [9.17, 15) is 0 Å². The molecule has 6 heteroatoms. The largest absolute Gasteiger partial charge is 0.491 e. The number of nitrogens with zero attached hydrogens (tertiary/aromatic N) is 2. The lowest BCUT2D eigenvalue weighted by molar-refractivity contribution is -0.114. The zero-order chi connectivity index (χ0) is 20.8. The molecule has 6 nitrogen and oxygen atoms in total. The summed E-state index contributed by atoms with van der Waals surface area (Å²) in [6.45, 7) is 3.49. The van der Waals surface area contributed by atoms with Crippen LogP contribution in [0.2, 0.25) is 0 Å². The van der Waals surface area contributed by atoms with Crippen molar-refractivity contribution < 1.29 is 14.9 Å². The van der Waals surface area contributed by atoms with E-state index in [0.29, 0.717) is 25.6 Å². The van der Waals surface area contributed by atoms with Gasteiger partial charge in [0.1, 0.15) is 18.6 Å². The quantitative estimate of drug-likeness (QED) is 0.422. The summed E-state index contributed by atoms with van der Waals surface area (Å²) in [7, 11) is 0. The van der Waals surface area contributed by atoms with Crippen LogP contribution in [0.25, 0.3) is 22.0 Å². The Kier molecular flexibility index (Phi) is 6.15. The summed E-state index contributed by atoms with van der Waals surface area (Å²) in [6, 6.07) is 18.2. The zero-order valence-corrected chi connectivity index (χ0v) is 16.9. The Labute approximate surface area is 175 Å². The van der Waals surface area contributed by atoms with Gasteiger partial charge in [0.05, 0.1) is 30.8 Å². The molecule has 30 heavy (non-hydrogen) atoms. The minimum atomic E-state index is -0.0118. The SMILES string of the molecule is Cc1[nH]nc2ccc(-c3cncc(OC[C@@H](C=[NH2+])COCc4ccccc4)c3)cc12. The van der Waals surface area contributed by atoms with E-state index in [2.05, 4.69) is 21.2 Å². The average molecular weight is 401 g/mol. The van der Waals surface area contributed by atoms with Crippen molar-refractivity contribution >= 4 is 17.1 Å². The molecule has 0 radical (unpaired) electrons. The van der Waals surface area contributed by atoms with Crippen molar-refractivity contribution in [1.82, 2.24) is 15.2 Å². The molecule has 0 fully saturated rings. The number of rotatable bonds is 9. The minimum Gasteiger partial charge on any atom is -0.491 e. The number of aromatic nitrogens is 3. The van der Waals surface area contributed by atoms with Crippen LogP contribution in [-0.2, 0) is 11.3 Å². The summed E-state index contributed by atoms with van der Waals surface area (Å²) < 4.78 is 11.7. The van der Waals surface area contributed by atoms with Gasteiger partial charge in [-0.3, -0.25) is 15.5 Å². The first-order chi connectivity index (χ1) is 14.7. The van der Waals surface area contributed by atoms with Crippen LogP contribution in [0.4, 0.5) is 0 Å². The Morgan fingerprint density at radius 1 is 1.03 bits per heavy atom. The number of pyridine rings is 1. The summed E-state index contributed by atoms with van der Waals surface area (Å²) >= 11 is 0.